The summed E-state index contributed by atoms with van der Waals surface area (Å²) in [5, 5.41) is 4.65. The second kappa shape index (κ2) is 7.83. The monoisotopic (exact) mass is 304 g/mol. The third-order valence-electron chi connectivity index (χ3n) is 2.76. The molecule has 0 aromatic carbocycles. The molecule has 0 atom stereocenters. The van der Waals surface area contributed by atoms with E-state index in [1.165, 1.54) is 11.8 Å². The molecule has 0 bridgehead atoms. The van der Waals surface area contributed by atoms with Crippen molar-refractivity contribution < 1.29 is 0 Å². The summed E-state index contributed by atoms with van der Waals surface area (Å²) in [6.45, 7) is 5.07. The van der Waals surface area contributed by atoms with Gasteiger partial charge in [-0.1, -0.05) is 26.3 Å². The van der Waals surface area contributed by atoms with Crippen LogP contribution in [0, 0.1) is 0 Å². The van der Waals surface area contributed by atoms with Crippen LogP contribution >= 0.6 is 11.8 Å². The summed E-state index contributed by atoms with van der Waals surface area (Å²) in [5.41, 5.74) is 0.709. The molecule has 0 amide bonds. The third kappa shape index (κ3) is 4.90. The van der Waals surface area contributed by atoms with Gasteiger partial charge in [0.25, 0.3) is 5.56 Å². The van der Waals surface area contributed by atoms with E-state index in [9.17, 15) is 4.79 Å². The van der Waals surface area contributed by atoms with Crippen LogP contribution in [0.2, 0.25) is 0 Å². The minimum atomic E-state index is -0.115. The van der Waals surface area contributed by atoms with Crippen molar-refractivity contribution in [3.8, 4) is 0 Å². The molecule has 0 aliphatic heterocycles. The van der Waals surface area contributed by atoms with Crippen LogP contribution in [0.1, 0.15) is 32.4 Å². The second-order valence-corrected chi connectivity index (χ2v) is 5.69. The zero-order chi connectivity index (χ0) is 15.1. The Hall–Kier alpha value is -1.82. The molecule has 2 aromatic heterocycles. The number of H-pyrrole nitrogens is 1. The lowest BCUT2D eigenvalue weighted by atomic mass is 10.2. The molecule has 0 saturated carbocycles. The molecule has 2 N–H and O–H groups in total. The van der Waals surface area contributed by atoms with Crippen molar-refractivity contribution in [1.29, 1.82) is 0 Å². The van der Waals surface area contributed by atoms with Gasteiger partial charge in [0, 0.05) is 18.3 Å². The molecule has 0 fully saturated rings. The van der Waals surface area contributed by atoms with Gasteiger partial charge in [0.1, 0.15) is 10.8 Å². The maximum Gasteiger partial charge on any atom is 0.251 e. The largest absolute Gasteiger partial charge is 0.370 e. The number of hydrogen-bond acceptors (Lipinski definition) is 5. The van der Waals surface area contributed by atoms with E-state index < -0.39 is 0 Å². The van der Waals surface area contributed by atoms with Crippen LogP contribution in [0.25, 0.3) is 0 Å². The Morgan fingerprint density at radius 3 is 2.86 bits per heavy atom. The predicted octanol–water partition coefficient (Wildman–Crippen LogP) is 3.09. The molecule has 2 aromatic rings. The molecule has 0 aliphatic rings. The van der Waals surface area contributed by atoms with Crippen molar-refractivity contribution in [2.75, 3.05) is 11.9 Å². The highest BCUT2D eigenvalue weighted by molar-refractivity contribution is 7.99. The highest BCUT2D eigenvalue weighted by Gasteiger charge is 2.05. The van der Waals surface area contributed by atoms with Gasteiger partial charge < -0.3 is 10.3 Å². The van der Waals surface area contributed by atoms with E-state index in [-0.39, 0.29) is 5.56 Å². The molecule has 0 unspecified atom stereocenters. The molecule has 6 heteroatoms. The molecule has 0 saturated heterocycles. The van der Waals surface area contributed by atoms with E-state index in [1.807, 2.05) is 18.2 Å². The first-order chi connectivity index (χ1) is 10.2. The summed E-state index contributed by atoms with van der Waals surface area (Å²) in [5.74, 6) is 0.842. The van der Waals surface area contributed by atoms with Gasteiger partial charge in [-0.05, 0) is 36.7 Å². The molecule has 112 valence electrons. The summed E-state index contributed by atoms with van der Waals surface area (Å²) in [6.07, 6.45) is 2.82. The molecule has 0 spiro atoms. The van der Waals surface area contributed by atoms with Gasteiger partial charge in [0.2, 0.25) is 0 Å². The Kier molecular flexibility index (Phi) is 5.80. The van der Waals surface area contributed by atoms with Crippen molar-refractivity contribution in [3.63, 3.8) is 0 Å². The number of hydrogen-bond donors (Lipinski definition) is 2. The number of pyridine rings is 1. The van der Waals surface area contributed by atoms with Crippen molar-refractivity contribution in [2.45, 2.75) is 43.3 Å². The van der Waals surface area contributed by atoms with E-state index >= 15 is 0 Å². The number of rotatable bonds is 7. The minimum absolute atomic E-state index is 0.115. The van der Waals surface area contributed by atoms with Crippen molar-refractivity contribution >= 4 is 17.6 Å². The minimum Gasteiger partial charge on any atom is -0.370 e. The number of aryl methyl sites for hydroxylation is 1. The summed E-state index contributed by atoms with van der Waals surface area (Å²) in [4.78, 5) is 23.4. The van der Waals surface area contributed by atoms with Crippen LogP contribution in [0.5, 0.6) is 0 Å². The zero-order valence-corrected chi connectivity index (χ0v) is 13.2. The van der Waals surface area contributed by atoms with E-state index in [2.05, 4.69) is 34.1 Å². The summed E-state index contributed by atoms with van der Waals surface area (Å²) in [6, 6.07) is 7.35. The second-order valence-electron chi connectivity index (χ2n) is 4.68. The van der Waals surface area contributed by atoms with Gasteiger partial charge in [-0.3, -0.25) is 4.79 Å². The van der Waals surface area contributed by atoms with Crippen molar-refractivity contribution in [1.82, 2.24) is 15.0 Å². The average Bonchev–Trinajstić information content (AvgIpc) is 2.45. The molecule has 0 radical (unpaired) electrons. The highest BCUT2D eigenvalue weighted by Crippen LogP contribution is 2.23. The number of nitrogens with one attached hydrogen (secondary N) is 2. The smallest absolute Gasteiger partial charge is 0.251 e. The Labute approximate surface area is 128 Å². The fourth-order valence-electron chi connectivity index (χ4n) is 1.84. The normalized spacial score (nSPS) is 10.6. The molecule has 2 rings (SSSR count). The average molecular weight is 304 g/mol. The maximum absolute atomic E-state index is 11.6. The third-order valence-corrected chi connectivity index (χ3v) is 3.58. The number of anilines is 1. The van der Waals surface area contributed by atoms with Crippen molar-refractivity contribution in [2.24, 2.45) is 0 Å². The van der Waals surface area contributed by atoms with Gasteiger partial charge in [0.05, 0.1) is 0 Å². The Bertz CT molecular complexity index is 642. The molecular formula is C15H20N4OS. The molecule has 21 heavy (non-hydrogen) atoms. The van der Waals surface area contributed by atoms with Gasteiger partial charge in [-0.2, -0.15) is 0 Å². The highest BCUT2D eigenvalue weighted by atomic mass is 32.2. The fourth-order valence-corrected chi connectivity index (χ4v) is 2.64. The first kappa shape index (κ1) is 15.6. The lowest BCUT2D eigenvalue weighted by Gasteiger charge is -2.06. The summed E-state index contributed by atoms with van der Waals surface area (Å²) < 4.78 is 0. The lowest BCUT2D eigenvalue weighted by Crippen LogP contribution is -2.10. The fraction of sp³-hybridized carbons (Fsp3) is 0.400. The van der Waals surface area contributed by atoms with Crippen LogP contribution in [-0.4, -0.2) is 21.5 Å². The summed E-state index contributed by atoms with van der Waals surface area (Å²) in [7, 11) is 0. The zero-order valence-electron chi connectivity index (χ0n) is 12.3. The van der Waals surface area contributed by atoms with E-state index in [0.29, 0.717) is 5.16 Å². The predicted molar refractivity (Wildman–Crippen MR) is 86.0 cm³/mol. The van der Waals surface area contributed by atoms with Crippen LogP contribution in [0.15, 0.2) is 39.2 Å². The van der Waals surface area contributed by atoms with E-state index in [1.54, 1.807) is 6.07 Å². The number of aromatic amines is 1. The van der Waals surface area contributed by atoms with Crippen LogP contribution in [0.4, 0.5) is 5.82 Å². The van der Waals surface area contributed by atoms with Crippen LogP contribution in [0.3, 0.4) is 0 Å². The van der Waals surface area contributed by atoms with Crippen LogP contribution in [-0.2, 0) is 6.42 Å². The topological polar surface area (TPSA) is 70.7 Å². The molecule has 5 nitrogen and oxygen atoms in total. The lowest BCUT2D eigenvalue weighted by molar-refractivity contribution is 0.815. The molecule has 2 heterocycles. The quantitative estimate of drug-likeness (QED) is 0.769. The first-order valence-corrected chi connectivity index (χ1v) is 8.02. The Morgan fingerprint density at radius 2 is 2.10 bits per heavy atom. The van der Waals surface area contributed by atoms with E-state index in [4.69, 9.17) is 0 Å². The van der Waals surface area contributed by atoms with Crippen LogP contribution < -0.4 is 10.9 Å². The van der Waals surface area contributed by atoms with E-state index in [0.717, 1.165) is 42.3 Å². The van der Waals surface area contributed by atoms with Crippen molar-refractivity contribution in [3.05, 3.63) is 40.3 Å². The molecular weight excluding hydrogens is 284 g/mol. The van der Waals surface area contributed by atoms with Gasteiger partial charge in [0.15, 0.2) is 5.16 Å². The van der Waals surface area contributed by atoms with Gasteiger partial charge in [-0.15, -0.1) is 0 Å². The number of aromatic nitrogens is 3. The Balaban J connectivity index is 2.15. The van der Waals surface area contributed by atoms with Gasteiger partial charge in [-0.25, -0.2) is 9.97 Å². The standard InChI is InChI=1S/C15H20N4OS/c1-3-6-11-10-13(20)19-15(17-11)21-14-8-5-7-12(18-14)16-9-4-2/h5,7-8,10H,3-4,6,9H2,1-2H3,(H,16,18)(H,17,19,20). The first-order valence-electron chi connectivity index (χ1n) is 7.20. The Morgan fingerprint density at radius 1 is 1.24 bits per heavy atom. The SMILES string of the molecule is CCCNc1cccc(Sc2nc(CCC)cc(=O)[nH]2)n1. The van der Waals surface area contributed by atoms with Gasteiger partial charge >= 0.3 is 0 Å². The summed E-state index contributed by atoms with van der Waals surface area (Å²) >= 11 is 1.37. The maximum atomic E-state index is 11.6. The molecule has 0 aliphatic carbocycles. The number of nitrogens with zero attached hydrogens (tertiary/aromatic N) is 2.